The van der Waals surface area contributed by atoms with E-state index in [4.69, 9.17) is 4.74 Å². The topological polar surface area (TPSA) is 84.5 Å². The minimum atomic E-state index is -1.47. The van der Waals surface area contributed by atoms with Crippen LogP contribution in [-0.4, -0.2) is 23.4 Å². The summed E-state index contributed by atoms with van der Waals surface area (Å²) in [4.78, 5) is 36.0. The van der Waals surface area contributed by atoms with Crippen LogP contribution in [0.4, 0.5) is 15.8 Å². The number of hydrogen-bond acceptors (Lipinski definition) is 4. The zero-order valence-corrected chi connectivity index (χ0v) is 14.3. The number of cyclic esters (lactones) is 1. The molecule has 2 aromatic rings. The van der Waals surface area contributed by atoms with Crippen LogP contribution in [0.3, 0.4) is 0 Å². The van der Waals surface area contributed by atoms with Crippen molar-refractivity contribution in [1.29, 1.82) is 0 Å². The van der Waals surface area contributed by atoms with Gasteiger partial charge >= 0.3 is 5.97 Å². The summed E-state index contributed by atoms with van der Waals surface area (Å²) in [7, 11) is 0. The largest absolute Gasteiger partial charge is 0.445 e. The lowest BCUT2D eigenvalue weighted by Crippen LogP contribution is -2.49. The number of hydrogen-bond donors (Lipinski definition) is 2. The van der Waals surface area contributed by atoms with Gasteiger partial charge in [0.15, 0.2) is 5.60 Å². The number of anilines is 2. The Hall–Kier alpha value is -3.22. The molecular formula is C19H17FN2O4. The Bertz CT molecular complexity index is 912. The quantitative estimate of drug-likeness (QED) is 0.828. The smallest absolute Gasteiger partial charge is 0.339 e. The maximum Gasteiger partial charge on any atom is 0.339 e. The van der Waals surface area contributed by atoms with Gasteiger partial charge in [-0.25, -0.2) is 9.18 Å². The molecule has 3 rings (SSSR count). The van der Waals surface area contributed by atoms with Gasteiger partial charge in [-0.3, -0.25) is 9.59 Å². The molecule has 2 N–H and O–H groups in total. The molecule has 2 amide bonds. The van der Waals surface area contributed by atoms with Crippen molar-refractivity contribution in [1.82, 2.24) is 0 Å². The lowest BCUT2D eigenvalue weighted by molar-refractivity contribution is -0.134. The maximum absolute atomic E-state index is 14.0. The predicted molar refractivity (Wildman–Crippen MR) is 93.3 cm³/mol. The molecule has 1 aliphatic heterocycles. The van der Waals surface area contributed by atoms with Gasteiger partial charge in [0.25, 0.3) is 5.91 Å². The summed E-state index contributed by atoms with van der Waals surface area (Å²) in [5.41, 5.74) is -0.143. The lowest BCUT2D eigenvalue weighted by atomic mass is 9.89. The minimum absolute atomic E-state index is 0.114. The Morgan fingerprint density at radius 2 is 1.88 bits per heavy atom. The van der Waals surface area contributed by atoms with E-state index in [9.17, 15) is 18.8 Å². The third-order valence-electron chi connectivity index (χ3n) is 4.10. The molecule has 134 valence electrons. The van der Waals surface area contributed by atoms with Crippen molar-refractivity contribution in [3.8, 4) is 0 Å². The van der Waals surface area contributed by atoms with Crippen molar-refractivity contribution in [2.24, 2.45) is 0 Å². The van der Waals surface area contributed by atoms with Gasteiger partial charge in [-0.05, 0) is 36.8 Å². The Morgan fingerprint density at radius 1 is 1.15 bits per heavy atom. The summed E-state index contributed by atoms with van der Waals surface area (Å²) < 4.78 is 19.4. The molecule has 7 heteroatoms. The summed E-state index contributed by atoms with van der Waals surface area (Å²) >= 11 is 0. The number of rotatable bonds is 3. The predicted octanol–water partition coefficient (Wildman–Crippen LogP) is 2.89. The summed E-state index contributed by atoms with van der Waals surface area (Å²) in [6, 6.07) is 10.7. The van der Waals surface area contributed by atoms with Gasteiger partial charge in [0.05, 0.1) is 11.3 Å². The van der Waals surface area contributed by atoms with Gasteiger partial charge in [-0.1, -0.05) is 18.2 Å². The average Bonchev–Trinajstić information content (AvgIpc) is 2.57. The highest BCUT2D eigenvalue weighted by Gasteiger charge is 2.42. The van der Waals surface area contributed by atoms with Gasteiger partial charge in [-0.2, -0.15) is 0 Å². The molecule has 0 bridgehead atoms. The Balaban J connectivity index is 1.84. The molecule has 26 heavy (non-hydrogen) atoms. The average molecular weight is 356 g/mol. The number of amides is 2. The van der Waals surface area contributed by atoms with Gasteiger partial charge in [0.2, 0.25) is 5.91 Å². The van der Waals surface area contributed by atoms with Gasteiger partial charge in [0.1, 0.15) is 5.82 Å². The number of carbonyl (C=O) groups excluding carboxylic acids is 3. The summed E-state index contributed by atoms with van der Waals surface area (Å²) in [5, 5.41) is 4.96. The molecule has 0 aliphatic carbocycles. The first-order valence-corrected chi connectivity index (χ1v) is 7.98. The first-order chi connectivity index (χ1) is 12.3. The molecule has 0 fully saturated rings. The van der Waals surface area contributed by atoms with Crippen molar-refractivity contribution >= 4 is 29.2 Å². The van der Waals surface area contributed by atoms with Crippen LogP contribution < -0.4 is 10.6 Å². The SMILES string of the molecule is CC(=O)Nc1ccc(F)c(NC(=O)C2(C)Cc3ccccc3C(=O)O2)c1. The zero-order valence-electron chi connectivity index (χ0n) is 14.3. The first-order valence-electron chi connectivity index (χ1n) is 7.98. The normalized spacial score (nSPS) is 18.5. The fourth-order valence-corrected chi connectivity index (χ4v) is 2.82. The van der Waals surface area contributed by atoms with Crippen molar-refractivity contribution in [2.75, 3.05) is 10.6 Å². The Kier molecular flexibility index (Phi) is 4.46. The number of ether oxygens (including phenoxy) is 1. The monoisotopic (exact) mass is 356 g/mol. The fourth-order valence-electron chi connectivity index (χ4n) is 2.82. The first kappa shape index (κ1) is 17.6. The fraction of sp³-hybridized carbons (Fsp3) is 0.211. The molecule has 1 heterocycles. The number of carbonyl (C=O) groups is 3. The van der Waals surface area contributed by atoms with Crippen LogP contribution in [-0.2, 0) is 20.7 Å². The molecule has 0 saturated carbocycles. The van der Waals surface area contributed by atoms with Crippen LogP contribution in [0.5, 0.6) is 0 Å². The summed E-state index contributed by atoms with van der Waals surface area (Å²) in [6.45, 7) is 2.80. The second-order valence-corrected chi connectivity index (χ2v) is 6.28. The van der Waals surface area contributed by atoms with Crippen LogP contribution in [0.25, 0.3) is 0 Å². The van der Waals surface area contributed by atoms with E-state index in [1.165, 1.54) is 26.0 Å². The molecule has 1 aliphatic rings. The number of halogens is 1. The van der Waals surface area contributed by atoms with Crippen molar-refractivity contribution < 1.29 is 23.5 Å². The molecule has 6 nitrogen and oxygen atoms in total. The van der Waals surface area contributed by atoms with E-state index in [1.807, 2.05) is 0 Å². The number of nitrogens with one attached hydrogen (secondary N) is 2. The third-order valence-corrected chi connectivity index (χ3v) is 4.10. The third kappa shape index (κ3) is 3.42. The minimum Gasteiger partial charge on any atom is -0.445 e. The van der Waals surface area contributed by atoms with Gasteiger partial charge in [-0.15, -0.1) is 0 Å². The molecule has 0 saturated heterocycles. The van der Waals surface area contributed by atoms with Crippen LogP contribution in [0.15, 0.2) is 42.5 Å². The van der Waals surface area contributed by atoms with Gasteiger partial charge < -0.3 is 15.4 Å². The maximum atomic E-state index is 14.0. The molecular weight excluding hydrogens is 339 g/mol. The highest BCUT2D eigenvalue weighted by atomic mass is 19.1. The molecule has 0 spiro atoms. The standard InChI is InChI=1S/C19H17FN2O4/c1-11(23)21-13-7-8-15(20)16(9-13)22-18(25)19(2)10-12-5-3-4-6-14(12)17(24)26-19/h3-9H,10H2,1-2H3,(H,21,23)(H,22,25). The van der Waals surface area contributed by atoms with Crippen LogP contribution in [0.2, 0.25) is 0 Å². The molecule has 0 aromatic heterocycles. The van der Waals surface area contributed by atoms with Crippen LogP contribution in [0, 0.1) is 5.82 Å². The van der Waals surface area contributed by atoms with Crippen LogP contribution >= 0.6 is 0 Å². The van der Waals surface area contributed by atoms with E-state index in [2.05, 4.69) is 10.6 Å². The Labute approximate surface area is 149 Å². The zero-order chi connectivity index (χ0) is 18.9. The van der Waals surface area contributed by atoms with Crippen molar-refractivity contribution in [2.45, 2.75) is 25.9 Å². The molecule has 2 aromatic carbocycles. The van der Waals surface area contributed by atoms with Crippen molar-refractivity contribution in [3.63, 3.8) is 0 Å². The molecule has 0 radical (unpaired) electrons. The van der Waals surface area contributed by atoms with E-state index in [-0.39, 0.29) is 18.0 Å². The number of esters is 1. The number of benzene rings is 2. The second kappa shape index (κ2) is 6.59. The number of fused-ring (bicyclic) bond motifs is 1. The highest BCUT2D eigenvalue weighted by Crippen LogP contribution is 2.30. The van der Waals surface area contributed by atoms with Gasteiger partial charge in [0, 0.05) is 19.0 Å². The van der Waals surface area contributed by atoms with E-state index >= 15 is 0 Å². The molecule has 1 unspecified atom stereocenters. The lowest BCUT2D eigenvalue weighted by Gasteiger charge is -2.33. The van der Waals surface area contributed by atoms with Crippen LogP contribution in [0.1, 0.15) is 29.8 Å². The highest BCUT2D eigenvalue weighted by molar-refractivity contribution is 6.03. The summed E-state index contributed by atoms with van der Waals surface area (Å²) in [5.74, 6) is -2.24. The van der Waals surface area contributed by atoms with E-state index in [0.29, 0.717) is 16.8 Å². The van der Waals surface area contributed by atoms with E-state index in [1.54, 1.807) is 24.3 Å². The van der Waals surface area contributed by atoms with E-state index < -0.39 is 23.3 Å². The summed E-state index contributed by atoms with van der Waals surface area (Å²) in [6.07, 6.45) is 0.174. The van der Waals surface area contributed by atoms with E-state index in [0.717, 1.165) is 6.07 Å². The Morgan fingerprint density at radius 3 is 2.62 bits per heavy atom. The molecule has 1 atom stereocenters. The van der Waals surface area contributed by atoms with Crippen molar-refractivity contribution in [3.05, 3.63) is 59.4 Å². The second-order valence-electron chi connectivity index (χ2n) is 6.28.